The number of aromatic amines is 1. The molecule has 17 heavy (non-hydrogen) atoms. The van der Waals surface area contributed by atoms with Crippen molar-refractivity contribution in [1.29, 1.82) is 0 Å². The molecule has 0 unspecified atom stereocenters. The number of aromatic nitrogens is 3. The fourth-order valence-electron chi connectivity index (χ4n) is 1.91. The molecule has 0 fully saturated rings. The van der Waals surface area contributed by atoms with Gasteiger partial charge in [-0.1, -0.05) is 30.3 Å². The van der Waals surface area contributed by atoms with Crippen LogP contribution in [0.3, 0.4) is 0 Å². The van der Waals surface area contributed by atoms with Crippen LogP contribution in [0.25, 0.3) is 22.2 Å². The number of anilines is 2. The first-order chi connectivity index (χ1) is 8.25. The van der Waals surface area contributed by atoms with Crippen LogP contribution in [0.15, 0.2) is 36.4 Å². The zero-order chi connectivity index (χ0) is 11.8. The molecule has 0 aliphatic heterocycles. The number of nitrogens with two attached hydrogens (primary N) is 2. The molecular weight excluding hydrogens is 214 g/mol. The summed E-state index contributed by atoms with van der Waals surface area (Å²) in [6.45, 7) is 0. The predicted octanol–water partition coefficient (Wildman–Crippen LogP) is 1.79. The lowest BCUT2D eigenvalue weighted by molar-refractivity contribution is 1.11. The monoisotopic (exact) mass is 225 g/mol. The molecule has 0 aliphatic rings. The van der Waals surface area contributed by atoms with Crippen LogP contribution in [0.1, 0.15) is 0 Å². The Balaban J connectivity index is 2.39. The highest BCUT2D eigenvalue weighted by Gasteiger charge is 2.11. The van der Waals surface area contributed by atoms with Crippen molar-refractivity contribution in [3.63, 3.8) is 0 Å². The third-order valence-corrected chi connectivity index (χ3v) is 2.66. The van der Waals surface area contributed by atoms with Gasteiger partial charge in [0.25, 0.3) is 0 Å². The number of fused-ring (bicyclic) bond motifs is 1. The Morgan fingerprint density at radius 3 is 2.59 bits per heavy atom. The van der Waals surface area contributed by atoms with E-state index in [4.69, 9.17) is 11.5 Å². The van der Waals surface area contributed by atoms with Gasteiger partial charge >= 0.3 is 0 Å². The van der Waals surface area contributed by atoms with Crippen molar-refractivity contribution in [1.82, 2.24) is 15.2 Å². The molecular formula is C12H11N5. The van der Waals surface area contributed by atoms with Gasteiger partial charge in [-0.05, 0) is 11.6 Å². The maximum Gasteiger partial charge on any atom is 0.185 e. The molecule has 0 saturated heterocycles. The summed E-state index contributed by atoms with van der Waals surface area (Å²) in [5, 5.41) is 7.56. The third kappa shape index (κ3) is 1.48. The Morgan fingerprint density at radius 1 is 1.06 bits per heavy atom. The number of nitrogens with one attached hydrogen (secondary N) is 1. The molecule has 2 aromatic heterocycles. The summed E-state index contributed by atoms with van der Waals surface area (Å²) < 4.78 is 0. The van der Waals surface area contributed by atoms with E-state index in [-0.39, 0.29) is 0 Å². The number of H-pyrrole nitrogens is 1. The average Bonchev–Trinajstić information content (AvgIpc) is 2.71. The number of rotatable bonds is 1. The van der Waals surface area contributed by atoms with E-state index in [0.717, 1.165) is 16.5 Å². The summed E-state index contributed by atoms with van der Waals surface area (Å²) in [5.41, 5.74) is 14.2. The summed E-state index contributed by atoms with van der Waals surface area (Å²) in [5.74, 6) is 0.939. The van der Waals surface area contributed by atoms with Gasteiger partial charge in [0.15, 0.2) is 5.65 Å². The maximum absolute atomic E-state index is 5.87. The lowest BCUT2D eigenvalue weighted by atomic mass is 10.0. The lowest BCUT2D eigenvalue weighted by Crippen LogP contribution is -1.93. The van der Waals surface area contributed by atoms with Crippen molar-refractivity contribution in [2.24, 2.45) is 0 Å². The fraction of sp³-hybridized carbons (Fsp3) is 0. The highest BCUT2D eigenvalue weighted by molar-refractivity contribution is 6.00. The number of hydrogen-bond donors (Lipinski definition) is 3. The van der Waals surface area contributed by atoms with Crippen molar-refractivity contribution in [2.45, 2.75) is 0 Å². The quantitative estimate of drug-likeness (QED) is 0.588. The largest absolute Gasteiger partial charge is 0.384 e. The van der Waals surface area contributed by atoms with E-state index in [2.05, 4.69) is 15.2 Å². The lowest BCUT2D eigenvalue weighted by Gasteiger charge is -2.04. The number of nitrogen functional groups attached to an aromatic ring is 2. The van der Waals surface area contributed by atoms with E-state index in [1.54, 1.807) is 0 Å². The fourth-order valence-corrected chi connectivity index (χ4v) is 1.91. The van der Waals surface area contributed by atoms with E-state index in [1.807, 2.05) is 36.4 Å². The van der Waals surface area contributed by atoms with Gasteiger partial charge in [-0.2, -0.15) is 5.10 Å². The standard InChI is InChI=1S/C12H11N5/c13-9-6-8(7-4-2-1-3-5-7)10-11(14)16-17-12(10)15-9/h1-6H,(H5,13,14,15,16,17). The van der Waals surface area contributed by atoms with Crippen LogP contribution in [0.2, 0.25) is 0 Å². The minimum Gasteiger partial charge on any atom is -0.384 e. The third-order valence-electron chi connectivity index (χ3n) is 2.66. The zero-order valence-corrected chi connectivity index (χ0v) is 9.01. The van der Waals surface area contributed by atoms with Crippen LogP contribution in [0, 0.1) is 0 Å². The van der Waals surface area contributed by atoms with Crippen LogP contribution in [0.4, 0.5) is 11.6 Å². The molecule has 0 amide bonds. The highest BCUT2D eigenvalue weighted by atomic mass is 15.2. The first-order valence-corrected chi connectivity index (χ1v) is 5.21. The molecule has 3 aromatic rings. The Kier molecular flexibility index (Phi) is 1.98. The van der Waals surface area contributed by atoms with Crippen LogP contribution >= 0.6 is 0 Å². The highest BCUT2D eigenvalue weighted by Crippen LogP contribution is 2.31. The molecule has 0 atom stereocenters. The van der Waals surface area contributed by atoms with Gasteiger partial charge in [0, 0.05) is 5.56 Å². The molecule has 0 radical (unpaired) electrons. The van der Waals surface area contributed by atoms with Crippen molar-refractivity contribution >= 4 is 22.7 Å². The van der Waals surface area contributed by atoms with Crippen molar-refractivity contribution in [3.05, 3.63) is 36.4 Å². The molecule has 2 heterocycles. The molecule has 0 saturated carbocycles. The minimum absolute atomic E-state index is 0.433. The Morgan fingerprint density at radius 2 is 1.82 bits per heavy atom. The maximum atomic E-state index is 5.87. The summed E-state index contributed by atoms with van der Waals surface area (Å²) in [4.78, 5) is 4.14. The van der Waals surface area contributed by atoms with Crippen LogP contribution in [-0.4, -0.2) is 15.2 Å². The number of hydrogen-bond acceptors (Lipinski definition) is 4. The second kappa shape index (κ2) is 3.48. The van der Waals surface area contributed by atoms with E-state index in [1.165, 1.54) is 0 Å². The minimum atomic E-state index is 0.433. The Bertz CT molecular complexity index is 672. The van der Waals surface area contributed by atoms with Gasteiger partial charge in [-0.15, -0.1) is 0 Å². The molecule has 5 heteroatoms. The van der Waals surface area contributed by atoms with Crippen molar-refractivity contribution < 1.29 is 0 Å². The summed E-state index contributed by atoms with van der Waals surface area (Å²) in [6, 6.07) is 11.7. The summed E-state index contributed by atoms with van der Waals surface area (Å²) >= 11 is 0. The van der Waals surface area contributed by atoms with Gasteiger partial charge in [0.05, 0.1) is 5.39 Å². The van der Waals surface area contributed by atoms with Crippen molar-refractivity contribution in [3.8, 4) is 11.1 Å². The Labute approximate surface area is 97.5 Å². The molecule has 3 rings (SSSR count). The second-order valence-corrected chi connectivity index (χ2v) is 3.80. The number of nitrogens with zero attached hydrogens (tertiary/aromatic N) is 2. The van der Waals surface area contributed by atoms with Crippen molar-refractivity contribution in [2.75, 3.05) is 11.5 Å². The first-order valence-electron chi connectivity index (χ1n) is 5.21. The zero-order valence-electron chi connectivity index (χ0n) is 9.01. The van der Waals surface area contributed by atoms with E-state index in [0.29, 0.717) is 17.3 Å². The van der Waals surface area contributed by atoms with Gasteiger partial charge in [-0.3, -0.25) is 5.10 Å². The van der Waals surface area contributed by atoms with Gasteiger partial charge < -0.3 is 11.5 Å². The molecule has 5 N–H and O–H groups in total. The smallest absolute Gasteiger partial charge is 0.185 e. The number of benzene rings is 1. The SMILES string of the molecule is Nc1cc(-c2ccccc2)c2c(N)[nH]nc2n1. The van der Waals surface area contributed by atoms with Crippen LogP contribution in [-0.2, 0) is 0 Å². The van der Waals surface area contributed by atoms with E-state index in [9.17, 15) is 0 Å². The van der Waals surface area contributed by atoms with Crippen LogP contribution < -0.4 is 11.5 Å². The topological polar surface area (TPSA) is 93.6 Å². The Hall–Kier alpha value is -2.56. The van der Waals surface area contributed by atoms with E-state index >= 15 is 0 Å². The molecule has 1 aromatic carbocycles. The van der Waals surface area contributed by atoms with Gasteiger partial charge in [0.2, 0.25) is 0 Å². The summed E-state index contributed by atoms with van der Waals surface area (Å²) in [6.07, 6.45) is 0. The molecule has 5 nitrogen and oxygen atoms in total. The molecule has 0 aliphatic carbocycles. The van der Waals surface area contributed by atoms with Gasteiger partial charge in [0.1, 0.15) is 11.6 Å². The molecule has 84 valence electrons. The predicted molar refractivity (Wildman–Crippen MR) is 68.1 cm³/mol. The van der Waals surface area contributed by atoms with E-state index < -0.39 is 0 Å². The normalized spacial score (nSPS) is 10.8. The first kappa shape index (κ1) is 9.65. The molecule has 0 spiro atoms. The number of pyridine rings is 1. The van der Waals surface area contributed by atoms with Crippen LogP contribution in [0.5, 0.6) is 0 Å². The molecule has 0 bridgehead atoms. The summed E-state index contributed by atoms with van der Waals surface area (Å²) in [7, 11) is 0. The second-order valence-electron chi connectivity index (χ2n) is 3.80. The van der Waals surface area contributed by atoms with Gasteiger partial charge in [-0.25, -0.2) is 4.98 Å². The average molecular weight is 225 g/mol.